The highest BCUT2D eigenvalue weighted by atomic mass is 31.2. The highest BCUT2D eigenvalue weighted by Crippen LogP contribution is 2.53. The van der Waals surface area contributed by atoms with Gasteiger partial charge in [0.1, 0.15) is 140 Å². The van der Waals surface area contributed by atoms with Gasteiger partial charge in [-0.3, -0.25) is 50.1 Å². The number of nitrogens with zero attached hydrogens (tertiary/aromatic N) is 16. The topological polar surface area (TPSA) is 651 Å². The van der Waals surface area contributed by atoms with Gasteiger partial charge in [-0.15, -0.1) is 0 Å². The zero-order valence-electron chi connectivity index (χ0n) is 46.7. The molecule has 45 nitrogen and oxygen atoms in total. The van der Waals surface area contributed by atoms with Crippen molar-refractivity contribution in [2.45, 2.75) is 98.2 Å². The van der Waals surface area contributed by atoms with Crippen LogP contribution in [0.25, 0.3) is 44.7 Å². The van der Waals surface area contributed by atoms with Gasteiger partial charge in [-0.05, 0) is 0 Å². The first-order chi connectivity index (χ1) is 43.7. The molecule has 19 atom stereocenters. The van der Waals surface area contributed by atoms with E-state index in [0.717, 1.165) is 48.9 Å². The van der Waals surface area contributed by atoms with Crippen molar-refractivity contribution in [3.63, 3.8) is 0 Å². The molecule has 92 heavy (non-hydrogen) atoms. The lowest BCUT2D eigenvalue weighted by Gasteiger charge is -2.25. The summed E-state index contributed by atoms with van der Waals surface area (Å²) in [5.41, 5.74) is 24.3. The van der Waals surface area contributed by atoms with E-state index in [1.807, 2.05) is 0 Å². The maximum Gasteiger partial charge on any atom is 0.469 e. The predicted molar refractivity (Wildman–Crippen MR) is 299 cm³/mol. The number of imidazole rings is 4. The number of hydrogen-bond donors (Lipinski definition) is 14. The Morgan fingerprint density at radius 2 is 0.652 bits per heavy atom. The highest BCUT2D eigenvalue weighted by Gasteiger charge is 2.54. The quantitative estimate of drug-likeness (QED) is 0.0241. The van der Waals surface area contributed by atoms with Crippen LogP contribution in [-0.4, -0.2) is 247 Å². The number of aliphatic hydroxyl groups is 5. The SMILES string of the molecule is Nc1ncnc2c1ncn2[C@@H]1O[C@H](COCP(=O)(O)O[C@H]2[C@H](O)[C@@H](COCP(=O)(O)O[C@H]3[C@H](O)[C@@H](COCP(=O)(O)O[C@@H]4[C@H](O)[C@@H](COP(=O)(O)O)O[C@H]4n4cnc5c(N)ncnc54)O[C@H]3n3cnc4c(N)ncnc43)O[C@H]2n2cnc3c(N)ncnc32)[C@@H](O)[C@@H]1O. The van der Waals surface area contributed by atoms with E-state index in [1.165, 1.54) is 20.0 Å². The Kier molecular flexibility index (Phi) is 18.3. The Balaban J connectivity index is 0.706. The largest absolute Gasteiger partial charge is 0.469 e. The lowest BCUT2D eigenvalue weighted by atomic mass is 10.1. The molecule has 0 spiro atoms. The zero-order chi connectivity index (χ0) is 65.3. The van der Waals surface area contributed by atoms with E-state index in [4.69, 9.17) is 69.7 Å². The van der Waals surface area contributed by atoms with Crippen molar-refractivity contribution in [3.05, 3.63) is 50.6 Å². The third kappa shape index (κ3) is 13.2. The fraction of sp³-hybridized carbons (Fsp3) is 0.535. The van der Waals surface area contributed by atoms with Crippen molar-refractivity contribution in [1.29, 1.82) is 0 Å². The van der Waals surface area contributed by atoms with Gasteiger partial charge < -0.3 is 106 Å². The number of phosphoric ester groups is 1. The van der Waals surface area contributed by atoms with Crippen LogP contribution in [-0.2, 0) is 69.5 Å². The number of rotatable bonds is 25. The Labute approximate surface area is 512 Å². The van der Waals surface area contributed by atoms with Gasteiger partial charge in [0.15, 0.2) is 70.8 Å². The molecular formula is C43H56N20O25P4. The summed E-state index contributed by atoms with van der Waals surface area (Å²) in [7, 11) is -20.3. The minimum atomic E-state index is -5.13. The van der Waals surface area contributed by atoms with Gasteiger partial charge in [0.25, 0.3) is 0 Å². The van der Waals surface area contributed by atoms with Crippen molar-refractivity contribution in [2.75, 3.05) is 68.4 Å². The highest BCUT2D eigenvalue weighted by molar-refractivity contribution is 7.53. The smallest absolute Gasteiger partial charge is 0.387 e. The molecule has 0 bridgehead atoms. The van der Waals surface area contributed by atoms with Crippen LogP contribution in [0.4, 0.5) is 23.3 Å². The molecule has 12 heterocycles. The number of aliphatic hydroxyl groups excluding tert-OH is 5. The van der Waals surface area contributed by atoms with Crippen LogP contribution in [0.5, 0.6) is 0 Å². The fourth-order valence-electron chi connectivity index (χ4n) is 10.6. The fourth-order valence-corrected chi connectivity index (χ4v) is 13.9. The second kappa shape index (κ2) is 25.7. The Morgan fingerprint density at radius 1 is 0.380 bits per heavy atom. The molecule has 8 aromatic rings. The summed E-state index contributed by atoms with van der Waals surface area (Å²) in [6.07, 6.45) is -20.8. The first-order valence-corrected chi connectivity index (χ1v) is 33.7. The molecule has 0 amide bonds. The molecule has 0 saturated carbocycles. The Hall–Kier alpha value is -6.52. The van der Waals surface area contributed by atoms with Gasteiger partial charge >= 0.3 is 30.6 Å². The monoisotopic (exact) mass is 1380 g/mol. The molecule has 49 heteroatoms. The minimum Gasteiger partial charge on any atom is -0.387 e. The summed E-state index contributed by atoms with van der Waals surface area (Å²) in [6.45, 7) is -3.06. The van der Waals surface area contributed by atoms with Gasteiger partial charge in [-0.2, -0.15) is 0 Å². The molecule has 18 N–H and O–H groups in total. The molecule has 8 aromatic heterocycles. The number of nitrogens with two attached hydrogens (primary N) is 4. The second-order valence-electron chi connectivity index (χ2n) is 21.0. The normalized spacial score (nSPS) is 30.7. The molecule has 498 valence electrons. The third-order valence-corrected chi connectivity index (χ3v) is 18.5. The van der Waals surface area contributed by atoms with Crippen molar-refractivity contribution in [1.82, 2.24) is 78.1 Å². The molecule has 0 aliphatic carbocycles. The Bertz CT molecular complexity index is 4210. The number of nitrogen functional groups attached to an aromatic ring is 4. The van der Waals surface area contributed by atoms with Crippen molar-refractivity contribution in [3.8, 4) is 0 Å². The summed E-state index contributed by atoms with van der Waals surface area (Å²) < 4.78 is 120. The van der Waals surface area contributed by atoms with E-state index in [0.29, 0.717) is 0 Å². The number of aromatic nitrogens is 16. The molecule has 0 aromatic carbocycles. The average Bonchev–Trinajstić information content (AvgIpc) is 1.64. The summed E-state index contributed by atoms with van der Waals surface area (Å²) >= 11 is 0. The number of phosphoric acid groups is 1. The molecule has 4 fully saturated rings. The first kappa shape index (κ1) is 65.5. The minimum absolute atomic E-state index is 0.000262. The van der Waals surface area contributed by atoms with E-state index in [9.17, 15) is 68.3 Å². The van der Waals surface area contributed by atoms with Crippen LogP contribution in [0.2, 0.25) is 0 Å². The molecule has 4 aliphatic rings. The maximum absolute atomic E-state index is 14.1. The molecule has 3 unspecified atom stereocenters. The lowest BCUT2D eigenvalue weighted by Crippen LogP contribution is -2.37. The lowest BCUT2D eigenvalue weighted by molar-refractivity contribution is -0.0662. The van der Waals surface area contributed by atoms with Gasteiger partial charge in [0, 0.05) is 0 Å². The summed E-state index contributed by atoms with van der Waals surface area (Å²) in [5.74, 6) is -0.207. The molecular weight excluding hydrogens is 1320 g/mol. The van der Waals surface area contributed by atoms with E-state index in [1.54, 1.807) is 0 Å². The number of ether oxygens (including phenoxy) is 7. The third-order valence-electron chi connectivity index (χ3n) is 14.8. The van der Waals surface area contributed by atoms with Gasteiger partial charge in [0.05, 0.1) is 51.7 Å². The standard InChI is InChI=1S/C43H56N20O25P4/c44-32-20-36(52-5-48-32)60(9-56-20)40-28(68)24(64)16(82-40)1-78-13-89(69,70)86-29-25(65)17(83-41(29)61-10-57-21-33(45)49-6-53-37(21)61)2-79-14-90(71,72)87-30-26(66)18(84-42(30)62-11-58-22-34(46)50-7-54-38(22)62)3-80-15-91(73,74)88-31-27(67)19(4-81-92(75,76)77)85-43(31)63-12-59-23-35(47)51-8-55-39(23)63/h5-12,16-19,24-31,40-43,64-68H,1-4,13-15H2,(H,69,70)(H,71,72)(H,73,74)(H2,44,48,52)(H2,45,49,53)(H2,46,50,54)(H2,47,51,55)(H2,75,76,77)/t16-,17-,18-,19-,24-,25-,26-,27-,28+,29+,30+,31-,40-,41-,42-,43-/m1/s1. The van der Waals surface area contributed by atoms with Crippen LogP contribution in [0.15, 0.2) is 50.6 Å². The van der Waals surface area contributed by atoms with Crippen LogP contribution < -0.4 is 22.9 Å². The van der Waals surface area contributed by atoms with Crippen LogP contribution in [0, 0.1) is 0 Å². The van der Waals surface area contributed by atoms with E-state index in [-0.39, 0.29) is 67.9 Å². The van der Waals surface area contributed by atoms with E-state index >= 15 is 0 Å². The molecule has 4 aliphatic heterocycles. The van der Waals surface area contributed by atoms with Crippen molar-refractivity contribution in [2.24, 2.45) is 0 Å². The number of hydrogen-bond acceptors (Lipinski definition) is 36. The Morgan fingerprint density at radius 3 is 0.957 bits per heavy atom. The van der Waals surface area contributed by atoms with Crippen LogP contribution in [0.1, 0.15) is 24.9 Å². The number of fused-ring (bicyclic) bond motifs is 4. The molecule has 4 saturated heterocycles. The second-order valence-corrected chi connectivity index (χ2v) is 27.4. The maximum atomic E-state index is 14.1. The van der Waals surface area contributed by atoms with Gasteiger partial charge in [-0.1, -0.05) is 0 Å². The number of anilines is 4. The van der Waals surface area contributed by atoms with Crippen LogP contribution in [0.3, 0.4) is 0 Å². The molecule has 12 rings (SSSR count). The predicted octanol–water partition coefficient (Wildman–Crippen LogP) is -4.19. The average molecular weight is 1380 g/mol. The van der Waals surface area contributed by atoms with Crippen molar-refractivity contribution >= 4 is 98.5 Å². The van der Waals surface area contributed by atoms with E-state index in [2.05, 4.69) is 64.3 Å². The first-order valence-electron chi connectivity index (χ1n) is 26.8. The summed E-state index contributed by atoms with van der Waals surface area (Å²) in [4.78, 5) is 101. The summed E-state index contributed by atoms with van der Waals surface area (Å²) in [5, 5.41) is 56.6. The molecule has 0 radical (unpaired) electrons. The van der Waals surface area contributed by atoms with Crippen LogP contribution >= 0.6 is 30.6 Å². The zero-order valence-corrected chi connectivity index (χ0v) is 50.2. The van der Waals surface area contributed by atoms with Gasteiger partial charge in [-0.25, -0.2) is 64.4 Å². The van der Waals surface area contributed by atoms with Crippen molar-refractivity contribution < 1.29 is 120 Å². The van der Waals surface area contributed by atoms with Gasteiger partial charge in [0.2, 0.25) is 0 Å². The van der Waals surface area contributed by atoms with E-state index < -0.39 is 174 Å². The summed E-state index contributed by atoms with van der Waals surface area (Å²) in [6, 6.07) is 0.